The van der Waals surface area contributed by atoms with Crippen molar-refractivity contribution in [1.82, 2.24) is 5.32 Å². The molecule has 106 valence electrons. The molecule has 0 spiro atoms. The molecule has 0 saturated carbocycles. The van der Waals surface area contributed by atoms with Gasteiger partial charge >= 0.3 is 0 Å². The molecule has 2 nitrogen and oxygen atoms in total. The van der Waals surface area contributed by atoms with Gasteiger partial charge in [0.15, 0.2) is 0 Å². The van der Waals surface area contributed by atoms with Gasteiger partial charge in [-0.25, -0.2) is 4.39 Å². The Morgan fingerprint density at radius 2 is 2.00 bits per heavy atom. The lowest BCUT2D eigenvalue weighted by Crippen LogP contribution is -2.59. The Morgan fingerprint density at radius 1 is 1.32 bits per heavy atom. The van der Waals surface area contributed by atoms with Crippen LogP contribution in [0, 0.1) is 11.2 Å². The zero-order valence-corrected chi connectivity index (χ0v) is 12.8. The van der Waals surface area contributed by atoms with Crippen molar-refractivity contribution in [2.24, 2.45) is 5.41 Å². The predicted octanol–water partition coefficient (Wildman–Crippen LogP) is 3.69. The molecule has 2 atom stereocenters. The number of anilines is 1. The van der Waals surface area contributed by atoms with Gasteiger partial charge in [-0.05, 0) is 30.5 Å². The Labute approximate surface area is 119 Å². The van der Waals surface area contributed by atoms with Gasteiger partial charge in [-0.1, -0.05) is 32.4 Å². The minimum atomic E-state index is -0.277. The maximum Gasteiger partial charge on any atom is 0.126 e. The second-order valence-electron chi connectivity index (χ2n) is 6.46. The summed E-state index contributed by atoms with van der Waals surface area (Å²) < 4.78 is 13.5. The molecule has 1 aromatic carbocycles. The van der Waals surface area contributed by atoms with Gasteiger partial charge < -0.3 is 10.2 Å². The van der Waals surface area contributed by atoms with E-state index in [9.17, 15) is 4.39 Å². The number of hydrogen-bond donors (Lipinski definition) is 1. The summed E-state index contributed by atoms with van der Waals surface area (Å²) in [6.07, 6.45) is 0. The van der Waals surface area contributed by atoms with Crippen LogP contribution in [0.5, 0.6) is 0 Å². The number of halogens is 2. The first-order chi connectivity index (χ1) is 8.77. The standard InChI is InChI=1S/C15H22ClFN2/c1-10-8-18-14(15(2,3)4)9-19(10)13-6-11(16)5-12(17)7-13/h5-7,10,14,18H,8-9H2,1-4H3. The van der Waals surface area contributed by atoms with E-state index in [1.165, 1.54) is 6.07 Å². The summed E-state index contributed by atoms with van der Waals surface area (Å²) in [6, 6.07) is 5.46. The van der Waals surface area contributed by atoms with E-state index >= 15 is 0 Å². The average molecular weight is 285 g/mol. The van der Waals surface area contributed by atoms with Crippen molar-refractivity contribution < 1.29 is 4.39 Å². The highest BCUT2D eigenvalue weighted by molar-refractivity contribution is 6.30. The largest absolute Gasteiger partial charge is 0.366 e. The number of hydrogen-bond acceptors (Lipinski definition) is 2. The van der Waals surface area contributed by atoms with E-state index < -0.39 is 0 Å². The lowest BCUT2D eigenvalue weighted by atomic mass is 9.84. The van der Waals surface area contributed by atoms with Crippen molar-refractivity contribution in [1.29, 1.82) is 0 Å². The lowest BCUT2D eigenvalue weighted by Gasteiger charge is -2.45. The van der Waals surface area contributed by atoms with Crippen LogP contribution in [0.1, 0.15) is 27.7 Å². The first-order valence-electron chi connectivity index (χ1n) is 6.73. The number of nitrogens with zero attached hydrogens (tertiary/aromatic N) is 1. The Hall–Kier alpha value is -0.800. The van der Waals surface area contributed by atoms with Crippen molar-refractivity contribution in [3.63, 3.8) is 0 Å². The van der Waals surface area contributed by atoms with Gasteiger partial charge in [-0.15, -0.1) is 0 Å². The van der Waals surface area contributed by atoms with E-state index in [1.807, 2.05) is 6.07 Å². The van der Waals surface area contributed by atoms with E-state index in [4.69, 9.17) is 11.6 Å². The van der Waals surface area contributed by atoms with E-state index in [0.29, 0.717) is 17.1 Å². The van der Waals surface area contributed by atoms with Crippen LogP contribution in [0.4, 0.5) is 10.1 Å². The highest BCUT2D eigenvalue weighted by atomic mass is 35.5. The minimum Gasteiger partial charge on any atom is -0.366 e. The molecule has 2 unspecified atom stereocenters. The summed E-state index contributed by atoms with van der Waals surface area (Å²) in [5.41, 5.74) is 1.04. The van der Waals surface area contributed by atoms with Crippen molar-refractivity contribution >= 4 is 17.3 Å². The number of piperazine rings is 1. The summed E-state index contributed by atoms with van der Waals surface area (Å²) in [5.74, 6) is -0.277. The summed E-state index contributed by atoms with van der Waals surface area (Å²) in [7, 11) is 0. The predicted molar refractivity (Wildman–Crippen MR) is 79.5 cm³/mol. The molecule has 1 aromatic rings. The monoisotopic (exact) mass is 284 g/mol. The van der Waals surface area contributed by atoms with Crippen LogP contribution in [0.25, 0.3) is 0 Å². The van der Waals surface area contributed by atoms with Crippen molar-refractivity contribution in [3.05, 3.63) is 29.0 Å². The average Bonchev–Trinajstić information content (AvgIpc) is 2.26. The van der Waals surface area contributed by atoms with Gasteiger partial charge in [0.05, 0.1) is 0 Å². The van der Waals surface area contributed by atoms with Gasteiger partial charge in [0.2, 0.25) is 0 Å². The maximum atomic E-state index is 13.5. The van der Waals surface area contributed by atoms with Crippen molar-refractivity contribution in [2.45, 2.75) is 39.8 Å². The fourth-order valence-corrected chi connectivity index (χ4v) is 2.73. The highest BCUT2D eigenvalue weighted by Gasteiger charge is 2.32. The van der Waals surface area contributed by atoms with Gasteiger partial charge in [-0.2, -0.15) is 0 Å². The van der Waals surface area contributed by atoms with Crippen LogP contribution < -0.4 is 10.2 Å². The fraction of sp³-hybridized carbons (Fsp3) is 0.600. The molecule has 0 amide bonds. The number of nitrogens with one attached hydrogen (secondary N) is 1. The third-order valence-electron chi connectivity index (χ3n) is 3.80. The zero-order valence-electron chi connectivity index (χ0n) is 12.0. The van der Waals surface area contributed by atoms with Gasteiger partial charge in [-0.3, -0.25) is 0 Å². The quantitative estimate of drug-likeness (QED) is 0.846. The number of rotatable bonds is 1. The second-order valence-corrected chi connectivity index (χ2v) is 6.89. The molecule has 0 aromatic heterocycles. The van der Waals surface area contributed by atoms with Crippen LogP contribution >= 0.6 is 11.6 Å². The zero-order chi connectivity index (χ0) is 14.2. The molecule has 4 heteroatoms. The summed E-state index contributed by atoms with van der Waals surface area (Å²) >= 11 is 5.96. The topological polar surface area (TPSA) is 15.3 Å². The van der Waals surface area contributed by atoms with Crippen molar-refractivity contribution in [3.8, 4) is 0 Å². The normalized spacial score (nSPS) is 24.6. The Balaban J connectivity index is 2.26. The van der Waals surface area contributed by atoms with Crippen LogP contribution in [0.3, 0.4) is 0 Å². The number of benzene rings is 1. The molecule has 0 bridgehead atoms. The molecule has 2 rings (SSSR count). The Bertz CT molecular complexity index is 436. The SMILES string of the molecule is CC1CNC(C(C)(C)C)CN1c1cc(F)cc(Cl)c1. The molecule has 19 heavy (non-hydrogen) atoms. The molecule has 1 fully saturated rings. The van der Waals surface area contributed by atoms with Gasteiger partial charge in [0.1, 0.15) is 5.82 Å². The van der Waals surface area contributed by atoms with Gasteiger partial charge in [0.25, 0.3) is 0 Å². The van der Waals surface area contributed by atoms with E-state index in [1.54, 1.807) is 6.07 Å². The minimum absolute atomic E-state index is 0.176. The second kappa shape index (κ2) is 5.29. The van der Waals surface area contributed by atoms with Crippen molar-refractivity contribution in [2.75, 3.05) is 18.0 Å². The van der Waals surface area contributed by atoms with E-state index in [2.05, 4.69) is 37.9 Å². The third kappa shape index (κ3) is 3.40. The molecule has 1 aliphatic rings. The summed E-state index contributed by atoms with van der Waals surface area (Å²) in [5, 5.41) is 4.02. The summed E-state index contributed by atoms with van der Waals surface area (Å²) in [4.78, 5) is 2.24. The van der Waals surface area contributed by atoms with Gasteiger partial charge in [0, 0.05) is 35.9 Å². The third-order valence-corrected chi connectivity index (χ3v) is 4.01. The fourth-order valence-electron chi connectivity index (χ4n) is 2.51. The van der Waals surface area contributed by atoms with Crippen LogP contribution in [-0.2, 0) is 0 Å². The maximum absolute atomic E-state index is 13.5. The van der Waals surface area contributed by atoms with Crippen LogP contribution in [0.2, 0.25) is 5.02 Å². The Kier molecular flexibility index (Phi) is 4.07. The molecular formula is C15H22ClFN2. The first-order valence-corrected chi connectivity index (χ1v) is 7.11. The molecule has 0 aliphatic carbocycles. The molecule has 1 N–H and O–H groups in total. The molecule has 1 heterocycles. The van der Waals surface area contributed by atoms with E-state index in [0.717, 1.165) is 18.8 Å². The van der Waals surface area contributed by atoms with E-state index in [-0.39, 0.29) is 11.2 Å². The Morgan fingerprint density at radius 3 is 2.58 bits per heavy atom. The molecule has 1 saturated heterocycles. The highest BCUT2D eigenvalue weighted by Crippen LogP contribution is 2.29. The molecule has 0 radical (unpaired) electrons. The molecular weight excluding hydrogens is 263 g/mol. The summed E-state index contributed by atoms with van der Waals surface area (Å²) in [6.45, 7) is 10.6. The first kappa shape index (κ1) is 14.6. The van der Waals surface area contributed by atoms with Crippen LogP contribution in [0.15, 0.2) is 18.2 Å². The lowest BCUT2D eigenvalue weighted by molar-refractivity contribution is 0.239. The smallest absolute Gasteiger partial charge is 0.126 e. The van der Waals surface area contributed by atoms with Crippen LogP contribution in [-0.4, -0.2) is 25.2 Å². The molecule has 1 aliphatic heterocycles.